The number of carboxylic acids is 1. The van der Waals surface area contributed by atoms with Crippen molar-refractivity contribution in [2.45, 2.75) is 58.5 Å². The molecular weight excluding hydrogens is 354 g/mol. The molecule has 146 valence electrons. The van der Waals surface area contributed by atoms with Crippen LogP contribution in [0.3, 0.4) is 0 Å². The van der Waals surface area contributed by atoms with Crippen LogP contribution >= 0.6 is 0 Å². The zero-order valence-electron chi connectivity index (χ0n) is 16.5. The number of carboxylic acid groups (broad SMARTS) is 1. The molecule has 1 unspecified atom stereocenters. The molecule has 0 fully saturated rings. The summed E-state index contributed by atoms with van der Waals surface area (Å²) < 4.78 is 16.4. The maximum Gasteiger partial charge on any atom is 0.408 e. The predicted octanol–water partition coefficient (Wildman–Crippen LogP) is 3.43. The van der Waals surface area contributed by atoms with Gasteiger partial charge < -0.3 is 24.3 Å². The van der Waals surface area contributed by atoms with E-state index in [2.05, 4.69) is 5.32 Å². The smallest absolute Gasteiger partial charge is 0.408 e. The Morgan fingerprint density at radius 3 is 2.27 bits per heavy atom. The summed E-state index contributed by atoms with van der Waals surface area (Å²) in [7, 11) is -0.318. The average Bonchev–Trinajstić information content (AvgIpc) is 2.43. The second kappa shape index (κ2) is 8.44. The van der Waals surface area contributed by atoms with Crippen LogP contribution in [0.5, 0.6) is 11.5 Å². The minimum Gasteiger partial charge on any atom is -0.542 e. The molecule has 1 aromatic carbocycles. The fourth-order valence-corrected chi connectivity index (χ4v) is 2.96. The van der Waals surface area contributed by atoms with Crippen molar-refractivity contribution < 1.29 is 28.6 Å². The third-order valence-corrected chi connectivity index (χ3v) is 3.91. The lowest BCUT2D eigenvalue weighted by Crippen LogP contribution is -2.44. The van der Waals surface area contributed by atoms with Crippen LogP contribution in [0.4, 0.5) is 4.79 Å². The van der Waals surface area contributed by atoms with Crippen LogP contribution in [-0.2, 0) is 16.0 Å². The molecule has 1 amide bonds. The number of nitrogens with one attached hydrogen (secondary N) is 1. The highest BCUT2D eigenvalue weighted by atomic mass is 28.4. The molecule has 2 N–H and O–H groups in total. The van der Waals surface area contributed by atoms with Crippen LogP contribution in [0.2, 0.25) is 19.6 Å². The number of hydrogen-bond donors (Lipinski definition) is 2. The van der Waals surface area contributed by atoms with E-state index >= 15 is 0 Å². The molecular formula is C18H29NO6Si. The second-order valence-corrected chi connectivity index (χ2v) is 12.4. The molecule has 26 heavy (non-hydrogen) atoms. The van der Waals surface area contributed by atoms with Crippen molar-refractivity contribution in [3.8, 4) is 11.5 Å². The van der Waals surface area contributed by atoms with Gasteiger partial charge in [0, 0.05) is 6.42 Å². The van der Waals surface area contributed by atoms with Gasteiger partial charge >= 0.3 is 12.1 Å². The summed E-state index contributed by atoms with van der Waals surface area (Å²) in [6.07, 6.45) is -0.669. The summed E-state index contributed by atoms with van der Waals surface area (Å²) in [5.74, 6) is 0.0214. The molecule has 0 radical (unpaired) electrons. The Bertz CT molecular complexity index is 648. The van der Waals surface area contributed by atoms with Gasteiger partial charge in [-0.15, -0.1) is 0 Å². The fraction of sp³-hybridized carbons (Fsp3) is 0.556. The van der Waals surface area contributed by atoms with Crippen molar-refractivity contribution >= 4 is 20.4 Å². The molecule has 0 bridgehead atoms. The van der Waals surface area contributed by atoms with E-state index in [-0.39, 0.29) is 6.42 Å². The summed E-state index contributed by atoms with van der Waals surface area (Å²) in [4.78, 5) is 23.4. The minimum absolute atomic E-state index is 0.0978. The van der Waals surface area contributed by atoms with E-state index in [9.17, 15) is 14.7 Å². The van der Waals surface area contributed by atoms with Crippen molar-refractivity contribution in [1.82, 2.24) is 5.32 Å². The Balaban J connectivity index is 2.96. The van der Waals surface area contributed by atoms with Crippen molar-refractivity contribution in [2.75, 3.05) is 7.11 Å². The van der Waals surface area contributed by atoms with Gasteiger partial charge in [0.25, 0.3) is 0 Å². The summed E-state index contributed by atoms with van der Waals surface area (Å²) in [6, 6.07) is 4.13. The van der Waals surface area contributed by atoms with E-state index in [0.717, 1.165) is 0 Å². The van der Waals surface area contributed by atoms with Crippen LogP contribution in [0.15, 0.2) is 18.2 Å². The first-order valence-corrected chi connectivity index (χ1v) is 11.8. The number of aliphatic carboxylic acids is 1. The molecule has 0 aromatic heterocycles. The number of alkyl carbamates (subject to hydrolysis) is 1. The number of benzene rings is 1. The van der Waals surface area contributed by atoms with E-state index in [4.69, 9.17) is 13.9 Å². The third-order valence-electron chi connectivity index (χ3n) is 3.07. The molecule has 1 rings (SSSR count). The minimum atomic E-state index is -1.87. The lowest BCUT2D eigenvalue weighted by molar-refractivity contribution is -0.139. The molecule has 1 atom stereocenters. The topological polar surface area (TPSA) is 94.1 Å². The van der Waals surface area contributed by atoms with Crippen LogP contribution in [0.25, 0.3) is 0 Å². The largest absolute Gasteiger partial charge is 0.542 e. The monoisotopic (exact) mass is 383 g/mol. The number of methoxy groups -OCH3 is 1. The Kier molecular flexibility index (Phi) is 7.08. The van der Waals surface area contributed by atoms with Gasteiger partial charge in [0.1, 0.15) is 17.4 Å². The Hall–Kier alpha value is -2.22. The Morgan fingerprint density at radius 1 is 1.19 bits per heavy atom. The fourth-order valence-electron chi connectivity index (χ4n) is 2.14. The number of amides is 1. The van der Waals surface area contributed by atoms with Crippen molar-refractivity contribution in [2.24, 2.45) is 0 Å². The van der Waals surface area contributed by atoms with Crippen LogP contribution in [0.1, 0.15) is 26.3 Å². The average molecular weight is 384 g/mol. The standard InChI is InChI=1S/C18H29NO6Si/c1-18(2,3)24-17(22)19-13(16(20)21)10-12-8-9-14(23-4)15(11-12)25-26(5,6)7/h8-9,11,13H,10H2,1-7H3,(H,19,22)(H,20,21). The van der Waals surface area contributed by atoms with E-state index < -0.39 is 32.0 Å². The van der Waals surface area contributed by atoms with Gasteiger partial charge in [-0.3, -0.25) is 0 Å². The first kappa shape index (κ1) is 21.8. The zero-order chi connectivity index (χ0) is 20.1. The van der Waals surface area contributed by atoms with Gasteiger partial charge in [-0.1, -0.05) is 6.07 Å². The number of carbonyl (C=O) groups is 2. The number of ether oxygens (including phenoxy) is 2. The Morgan fingerprint density at radius 2 is 1.81 bits per heavy atom. The predicted molar refractivity (Wildman–Crippen MR) is 101 cm³/mol. The third kappa shape index (κ3) is 7.77. The molecule has 8 heteroatoms. The van der Waals surface area contributed by atoms with Crippen molar-refractivity contribution in [3.63, 3.8) is 0 Å². The number of hydrogen-bond acceptors (Lipinski definition) is 5. The van der Waals surface area contributed by atoms with Gasteiger partial charge in [-0.2, -0.15) is 0 Å². The molecule has 0 aliphatic heterocycles. The second-order valence-electron chi connectivity index (χ2n) is 7.94. The van der Waals surface area contributed by atoms with E-state index in [1.807, 2.05) is 19.6 Å². The van der Waals surface area contributed by atoms with Crippen LogP contribution in [0, 0.1) is 0 Å². The molecule has 0 heterocycles. The lowest BCUT2D eigenvalue weighted by Gasteiger charge is -2.23. The molecule has 0 aliphatic carbocycles. The number of rotatable bonds is 7. The zero-order valence-corrected chi connectivity index (χ0v) is 17.5. The van der Waals surface area contributed by atoms with E-state index in [1.54, 1.807) is 46.1 Å². The summed E-state index contributed by atoms with van der Waals surface area (Å²) in [6.45, 7) is 11.3. The van der Waals surface area contributed by atoms with Gasteiger partial charge in [0.15, 0.2) is 5.75 Å². The summed E-state index contributed by atoms with van der Waals surface area (Å²) in [5, 5.41) is 11.8. The maximum atomic E-state index is 11.9. The van der Waals surface area contributed by atoms with Gasteiger partial charge in [-0.05, 0) is 58.1 Å². The quantitative estimate of drug-likeness (QED) is 0.701. The lowest BCUT2D eigenvalue weighted by atomic mass is 10.1. The highest BCUT2D eigenvalue weighted by Crippen LogP contribution is 2.30. The van der Waals surface area contributed by atoms with Crippen LogP contribution in [-0.4, -0.2) is 44.2 Å². The highest BCUT2D eigenvalue weighted by molar-refractivity contribution is 6.70. The highest BCUT2D eigenvalue weighted by Gasteiger charge is 2.25. The molecule has 7 nitrogen and oxygen atoms in total. The maximum absolute atomic E-state index is 11.9. The molecule has 0 saturated carbocycles. The first-order chi connectivity index (χ1) is 11.8. The molecule has 0 spiro atoms. The van der Waals surface area contributed by atoms with Gasteiger partial charge in [0.2, 0.25) is 8.32 Å². The molecule has 1 aromatic rings. The molecule has 0 aliphatic rings. The van der Waals surface area contributed by atoms with Gasteiger partial charge in [0.05, 0.1) is 7.11 Å². The van der Waals surface area contributed by atoms with Crippen molar-refractivity contribution in [3.05, 3.63) is 23.8 Å². The number of carbonyl (C=O) groups excluding carboxylic acids is 1. The Labute approximate surface area is 155 Å². The normalized spacial score (nSPS) is 12.9. The molecule has 0 saturated heterocycles. The van der Waals surface area contributed by atoms with E-state index in [1.165, 1.54) is 0 Å². The van der Waals surface area contributed by atoms with Crippen LogP contribution < -0.4 is 14.5 Å². The summed E-state index contributed by atoms with van der Waals surface area (Å²) >= 11 is 0. The van der Waals surface area contributed by atoms with E-state index in [0.29, 0.717) is 17.1 Å². The first-order valence-electron chi connectivity index (χ1n) is 8.39. The SMILES string of the molecule is COc1ccc(CC(NC(=O)OC(C)(C)C)C(=O)O)cc1O[Si](C)(C)C. The van der Waals surface area contributed by atoms with Gasteiger partial charge in [-0.25, -0.2) is 9.59 Å². The van der Waals surface area contributed by atoms with Crippen molar-refractivity contribution in [1.29, 1.82) is 0 Å². The summed E-state index contributed by atoms with van der Waals surface area (Å²) in [5.41, 5.74) is 0.00787.